The van der Waals surface area contributed by atoms with Crippen LogP contribution in [-0.4, -0.2) is 12.8 Å². The molecule has 1 fully saturated rings. The third-order valence-corrected chi connectivity index (χ3v) is 3.16. The number of hydrogen-bond donors (Lipinski definition) is 1. The zero-order chi connectivity index (χ0) is 12.6. The molecule has 17 heavy (non-hydrogen) atoms. The average Bonchev–Trinajstić information content (AvgIpc) is 2.62. The summed E-state index contributed by atoms with van der Waals surface area (Å²) in [4.78, 5) is 0. The number of hydrogen-bond acceptors (Lipinski definition) is 2. The van der Waals surface area contributed by atoms with E-state index in [4.69, 9.17) is 4.74 Å². The van der Waals surface area contributed by atoms with Gasteiger partial charge in [-0.15, -0.1) is 0 Å². The van der Waals surface area contributed by atoms with E-state index in [0.29, 0.717) is 16.8 Å². The molecule has 1 aliphatic heterocycles. The summed E-state index contributed by atoms with van der Waals surface area (Å²) in [5, 5.41) is 3.03. The Labute approximate surface area is 105 Å². The first-order valence-electron chi connectivity index (χ1n) is 5.10. The monoisotopic (exact) mass is 309 g/mol. The van der Waals surface area contributed by atoms with Crippen molar-refractivity contribution in [3.05, 3.63) is 33.8 Å². The lowest BCUT2D eigenvalue weighted by Crippen LogP contribution is -2.22. The Bertz CT molecular complexity index is 422. The van der Waals surface area contributed by atoms with Crippen molar-refractivity contribution in [2.75, 3.05) is 6.73 Å². The van der Waals surface area contributed by atoms with Crippen LogP contribution in [0.5, 0.6) is 0 Å². The van der Waals surface area contributed by atoms with Crippen LogP contribution in [0.2, 0.25) is 0 Å². The van der Waals surface area contributed by atoms with Crippen LogP contribution in [-0.2, 0) is 10.9 Å². The Balaban J connectivity index is 2.38. The number of halogens is 4. The van der Waals surface area contributed by atoms with Crippen LogP contribution < -0.4 is 5.32 Å². The van der Waals surface area contributed by atoms with Crippen molar-refractivity contribution in [1.29, 1.82) is 0 Å². The lowest BCUT2D eigenvalue weighted by Gasteiger charge is -2.17. The summed E-state index contributed by atoms with van der Waals surface area (Å²) in [7, 11) is 0. The van der Waals surface area contributed by atoms with Crippen LogP contribution in [0.25, 0.3) is 0 Å². The molecular weight excluding hydrogens is 299 g/mol. The molecule has 94 valence electrons. The van der Waals surface area contributed by atoms with Gasteiger partial charge in [-0.2, -0.15) is 13.2 Å². The number of benzene rings is 1. The van der Waals surface area contributed by atoms with Gasteiger partial charge in [-0.3, -0.25) is 5.32 Å². The van der Waals surface area contributed by atoms with E-state index >= 15 is 0 Å². The van der Waals surface area contributed by atoms with Crippen molar-refractivity contribution in [2.24, 2.45) is 0 Å². The molecule has 0 bridgehead atoms. The molecule has 2 nitrogen and oxygen atoms in total. The molecule has 1 aliphatic rings. The maximum absolute atomic E-state index is 12.7. The second-order valence-corrected chi connectivity index (χ2v) is 4.91. The topological polar surface area (TPSA) is 21.3 Å². The molecular formula is C11H11BrF3NO. The van der Waals surface area contributed by atoms with Crippen LogP contribution in [0.1, 0.15) is 24.2 Å². The van der Waals surface area contributed by atoms with Crippen molar-refractivity contribution >= 4 is 15.9 Å². The molecule has 0 amide bonds. The van der Waals surface area contributed by atoms with Crippen molar-refractivity contribution in [3.8, 4) is 0 Å². The van der Waals surface area contributed by atoms with Crippen LogP contribution >= 0.6 is 15.9 Å². The second-order valence-electron chi connectivity index (χ2n) is 4.00. The highest BCUT2D eigenvalue weighted by molar-refractivity contribution is 9.10. The van der Waals surface area contributed by atoms with Gasteiger partial charge in [0.1, 0.15) is 0 Å². The fourth-order valence-electron chi connectivity index (χ4n) is 1.85. The summed E-state index contributed by atoms with van der Waals surface area (Å²) < 4.78 is 43.7. The van der Waals surface area contributed by atoms with Crippen molar-refractivity contribution < 1.29 is 17.9 Å². The van der Waals surface area contributed by atoms with Gasteiger partial charge in [-0.25, -0.2) is 0 Å². The predicted molar refractivity (Wildman–Crippen MR) is 60.4 cm³/mol. The predicted octanol–water partition coefficient (Wildman–Crippen LogP) is 3.47. The van der Waals surface area contributed by atoms with E-state index in [0.717, 1.165) is 12.1 Å². The Hall–Kier alpha value is -0.590. The summed E-state index contributed by atoms with van der Waals surface area (Å²) in [5.74, 6) is 0. The molecule has 0 aromatic heterocycles. The minimum Gasteiger partial charge on any atom is -0.357 e. The van der Waals surface area contributed by atoms with Crippen molar-refractivity contribution in [3.63, 3.8) is 0 Å². The summed E-state index contributed by atoms with van der Waals surface area (Å²) in [6, 6.07) is 3.86. The Morgan fingerprint density at radius 3 is 2.59 bits per heavy atom. The maximum Gasteiger partial charge on any atom is 0.416 e. The van der Waals surface area contributed by atoms with Crippen LogP contribution in [0.4, 0.5) is 13.2 Å². The highest BCUT2D eigenvalue weighted by Crippen LogP contribution is 2.35. The molecule has 1 aromatic rings. The first kappa shape index (κ1) is 12.9. The fraction of sp³-hybridized carbons (Fsp3) is 0.455. The zero-order valence-corrected chi connectivity index (χ0v) is 10.6. The first-order valence-corrected chi connectivity index (χ1v) is 5.90. The maximum atomic E-state index is 12.7. The fourth-order valence-corrected chi connectivity index (χ4v) is 2.36. The highest BCUT2D eigenvalue weighted by atomic mass is 79.9. The molecule has 0 unspecified atom stereocenters. The minimum atomic E-state index is -4.34. The minimum absolute atomic E-state index is 0.00498. The van der Waals surface area contributed by atoms with E-state index in [-0.39, 0.29) is 12.1 Å². The lowest BCUT2D eigenvalue weighted by atomic mass is 10.0. The van der Waals surface area contributed by atoms with Gasteiger partial charge in [0.15, 0.2) is 0 Å². The number of nitrogens with one attached hydrogen (secondary N) is 1. The summed E-state index contributed by atoms with van der Waals surface area (Å²) in [6.45, 7) is 2.24. The van der Waals surface area contributed by atoms with Crippen molar-refractivity contribution in [1.82, 2.24) is 5.32 Å². The van der Waals surface area contributed by atoms with Gasteiger partial charge in [0.05, 0.1) is 18.4 Å². The molecule has 1 aromatic carbocycles. The largest absolute Gasteiger partial charge is 0.416 e. The quantitative estimate of drug-likeness (QED) is 0.857. The smallest absolute Gasteiger partial charge is 0.357 e. The molecule has 0 saturated carbocycles. The van der Waals surface area contributed by atoms with Gasteiger partial charge >= 0.3 is 6.18 Å². The number of alkyl halides is 3. The van der Waals surface area contributed by atoms with Crippen LogP contribution in [0.15, 0.2) is 22.7 Å². The third kappa shape index (κ3) is 2.81. The molecule has 2 rings (SSSR count). The summed E-state index contributed by atoms with van der Waals surface area (Å²) in [5.41, 5.74) is -0.131. The molecule has 2 atom stereocenters. The highest BCUT2D eigenvalue weighted by Gasteiger charge is 2.33. The molecule has 1 heterocycles. The van der Waals surface area contributed by atoms with Crippen molar-refractivity contribution in [2.45, 2.75) is 25.2 Å². The van der Waals surface area contributed by atoms with Gasteiger partial charge in [-0.05, 0) is 30.7 Å². The Kier molecular flexibility index (Phi) is 3.47. The normalized spacial score (nSPS) is 25.2. The van der Waals surface area contributed by atoms with Gasteiger partial charge in [0.2, 0.25) is 0 Å². The molecule has 0 aliphatic carbocycles. The van der Waals surface area contributed by atoms with Gasteiger partial charge in [0, 0.05) is 10.5 Å². The zero-order valence-electron chi connectivity index (χ0n) is 9.01. The Morgan fingerprint density at radius 2 is 2.06 bits per heavy atom. The SMILES string of the molecule is C[C@@H]1NCO[C@@H]1c1cc(Br)cc(C(F)(F)F)c1. The first-order chi connectivity index (χ1) is 7.88. The van der Waals surface area contributed by atoms with E-state index in [1.54, 1.807) is 6.07 Å². The lowest BCUT2D eigenvalue weighted by molar-refractivity contribution is -0.137. The Morgan fingerprint density at radius 1 is 1.35 bits per heavy atom. The summed E-state index contributed by atoms with van der Waals surface area (Å²) in [6.07, 6.45) is -4.68. The van der Waals surface area contributed by atoms with Crippen LogP contribution in [0, 0.1) is 0 Å². The molecule has 1 saturated heterocycles. The number of ether oxygens (including phenoxy) is 1. The molecule has 0 spiro atoms. The van der Waals surface area contributed by atoms with E-state index in [1.807, 2.05) is 6.92 Å². The second kappa shape index (κ2) is 4.59. The van der Waals surface area contributed by atoms with Gasteiger partial charge in [-0.1, -0.05) is 15.9 Å². The van der Waals surface area contributed by atoms with E-state index in [9.17, 15) is 13.2 Å². The standard InChI is InChI=1S/C11H11BrF3NO/c1-6-10(17-5-16-6)7-2-8(11(13,14)15)4-9(12)3-7/h2-4,6,10,16H,5H2,1H3/t6-,10-/m0/s1. The van der Waals surface area contributed by atoms with Gasteiger partial charge in [0.25, 0.3) is 0 Å². The molecule has 6 heteroatoms. The van der Waals surface area contributed by atoms with E-state index < -0.39 is 11.7 Å². The van der Waals surface area contributed by atoms with Gasteiger partial charge < -0.3 is 4.74 Å². The average molecular weight is 310 g/mol. The van der Waals surface area contributed by atoms with E-state index in [2.05, 4.69) is 21.2 Å². The molecule has 1 N–H and O–H groups in total. The van der Waals surface area contributed by atoms with Crippen LogP contribution in [0.3, 0.4) is 0 Å². The molecule has 0 radical (unpaired) electrons. The summed E-state index contributed by atoms with van der Waals surface area (Å²) >= 11 is 3.10. The third-order valence-electron chi connectivity index (χ3n) is 2.70. The number of rotatable bonds is 1. The van der Waals surface area contributed by atoms with E-state index in [1.165, 1.54) is 0 Å².